The fraction of sp³-hybridized carbons (Fsp3) is 0.500. The molecule has 21 heavy (non-hydrogen) atoms. The molecular weight excluding hydrogens is 270 g/mol. The maximum Gasteiger partial charge on any atom is 0.325 e. The van der Waals surface area contributed by atoms with Crippen LogP contribution < -0.4 is 10.1 Å². The van der Waals surface area contributed by atoms with Crippen molar-refractivity contribution in [3.8, 4) is 5.75 Å². The van der Waals surface area contributed by atoms with Crippen molar-refractivity contribution in [2.45, 2.75) is 46.1 Å². The third-order valence-electron chi connectivity index (χ3n) is 3.05. The molecule has 0 saturated carbocycles. The molecule has 0 aromatic heterocycles. The summed E-state index contributed by atoms with van der Waals surface area (Å²) in [6.07, 6.45) is 0. The lowest BCUT2D eigenvalue weighted by Crippen LogP contribution is -2.40. The van der Waals surface area contributed by atoms with Gasteiger partial charge in [0.1, 0.15) is 11.8 Å². The summed E-state index contributed by atoms with van der Waals surface area (Å²) in [5.74, 6) is -0.874. The summed E-state index contributed by atoms with van der Waals surface area (Å²) in [4.78, 5) is 22.4. The van der Waals surface area contributed by atoms with Gasteiger partial charge in [-0.3, -0.25) is 9.59 Å². The largest absolute Gasteiger partial charge is 0.483 e. The summed E-state index contributed by atoms with van der Waals surface area (Å²) >= 11 is 0. The Balaban J connectivity index is 2.77. The van der Waals surface area contributed by atoms with E-state index in [9.17, 15) is 9.59 Å². The molecule has 1 aromatic rings. The van der Waals surface area contributed by atoms with Gasteiger partial charge >= 0.3 is 5.97 Å². The number of amides is 1. The lowest BCUT2D eigenvalue weighted by molar-refractivity contribution is -0.141. The van der Waals surface area contributed by atoms with Crippen molar-refractivity contribution in [2.24, 2.45) is 0 Å². The number of benzene rings is 1. The lowest BCUT2D eigenvalue weighted by atomic mass is 9.86. The van der Waals surface area contributed by atoms with Crippen LogP contribution in [0.1, 0.15) is 38.8 Å². The van der Waals surface area contributed by atoms with Gasteiger partial charge in [-0.15, -0.1) is 0 Å². The molecule has 116 valence electrons. The Kier molecular flexibility index (Phi) is 5.35. The van der Waals surface area contributed by atoms with Gasteiger partial charge in [-0.1, -0.05) is 32.9 Å². The molecule has 2 N–H and O–H groups in total. The maximum atomic E-state index is 11.7. The zero-order valence-electron chi connectivity index (χ0n) is 13.2. The molecule has 0 spiro atoms. The van der Waals surface area contributed by atoms with E-state index in [0.29, 0.717) is 5.75 Å². The molecule has 1 atom stereocenters. The Bertz CT molecular complexity index is 532. The molecule has 5 nitrogen and oxygen atoms in total. The minimum atomic E-state index is -1.07. The summed E-state index contributed by atoms with van der Waals surface area (Å²) in [6.45, 7) is 9.36. The first-order chi connectivity index (χ1) is 9.61. The standard InChI is InChI=1S/C16H23NO4/c1-10-6-7-12(16(3,4)5)13(8-10)21-9-14(18)17-11(2)15(19)20/h6-8,11H,9H2,1-5H3,(H,17,18)(H,19,20). The van der Waals surface area contributed by atoms with Crippen LogP contribution in [0.2, 0.25) is 0 Å². The maximum absolute atomic E-state index is 11.7. The predicted octanol–water partition coefficient (Wildman–Crippen LogP) is 2.26. The summed E-state index contributed by atoms with van der Waals surface area (Å²) in [7, 11) is 0. The van der Waals surface area contributed by atoms with Crippen LogP contribution in [0.3, 0.4) is 0 Å². The van der Waals surface area contributed by atoms with Gasteiger partial charge in [-0.05, 0) is 36.5 Å². The first kappa shape index (κ1) is 17.0. The second kappa shape index (κ2) is 6.61. The summed E-state index contributed by atoms with van der Waals surface area (Å²) in [6, 6.07) is 4.94. The highest BCUT2D eigenvalue weighted by atomic mass is 16.5. The molecule has 1 aromatic carbocycles. The normalized spacial score (nSPS) is 12.6. The Morgan fingerprint density at radius 2 is 1.95 bits per heavy atom. The fourth-order valence-corrected chi connectivity index (χ4v) is 1.86. The number of carboxylic acids is 1. The Hall–Kier alpha value is -2.04. The summed E-state index contributed by atoms with van der Waals surface area (Å²) in [5.41, 5.74) is 1.94. The summed E-state index contributed by atoms with van der Waals surface area (Å²) < 4.78 is 5.58. The van der Waals surface area contributed by atoms with Crippen LogP contribution in [0.15, 0.2) is 18.2 Å². The first-order valence-electron chi connectivity index (χ1n) is 6.87. The van der Waals surface area contributed by atoms with Gasteiger partial charge < -0.3 is 15.2 Å². The average Bonchev–Trinajstić information content (AvgIpc) is 2.34. The van der Waals surface area contributed by atoms with E-state index >= 15 is 0 Å². The van der Waals surface area contributed by atoms with Crippen molar-refractivity contribution in [3.63, 3.8) is 0 Å². The number of aryl methyl sites for hydroxylation is 1. The lowest BCUT2D eigenvalue weighted by Gasteiger charge is -2.23. The van der Waals surface area contributed by atoms with Gasteiger partial charge in [0, 0.05) is 0 Å². The number of hydrogen-bond donors (Lipinski definition) is 2. The molecule has 1 amide bonds. The van der Waals surface area contributed by atoms with Crippen molar-refractivity contribution in [1.82, 2.24) is 5.32 Å². The van der Waals surface area contributed by atoms with Crippen molar-refractivity contribution in [3.05, 3.63) is 29.3 Å². The quantitative estimate of drug-likeness (QED) is 0.873. The zero-order chi connectivity index (χ0) is 16.2. The molecule has 1 unspecified atom stereocenters. The van der Waals surface area contributed by atoms with E-state index in [1.54, 1.807) is 0 Å². The monoisotopic (exact) mass is 293 g/mol. The van der Waals surface area contributed by atoms with Gasteiger partial charge in [-0.25, -0.2) is 0 Å². The highest BCUT2D eigenvalue weighted by Crippen LogP contribution is 2.31. The molecule has 0 heterocycles. The smallest absolute Gasteiger partial charge is 0.325 e. The predicted molar refractivity (Wildman–Crippen MR) is 80.6 cm³/mol. The van der Waals surface area contributed by atoms with Crippen LogP contribution in [-0.4, -0.2) is 29.6 Å². The molecule has 0 aliphatic rings. The molecule has 0 saturated heterocycles. The minimum absolute atomic E-state index is 0.103. The second-order valence-electron chi connectivity index (χ2n) is 6.17. The SMILES string of the molecule is Cc1ccc(C(C)(C)C)c(OCC(=O)NC(C)C(=O)O)c1. The molecule has 0 fully saturated rings. The minimum Gasteiger partial charge on any atom is -0.483 e. The molecule has 0 aliphatic carbocycles. The van der Waals surface area contributed by atoms with Gasteiger partial charge in [0.05, 0.1) is 0 Å². The van der Waals surface area contributed by atoms with Crippen LogP contribution in [0.25, 0.3) is 0 Å². The van der Waals surface area contributed by atoms with E-state index in [0.717, 1.165) is 11.1 Å². The number of hydrogen-bond acceptors (Lipinski definition) is 3. The molecular formula is C16H23NO4. The van der Waals surface area contributed by atoms with E-state index in [1.165, 1.54) is 6.92 Å². The fourth-order valence-electron chi connectivity index (χ4n) is 1.86. The first-order valence-corrected chi connectivity index (χ1v) is 6.87. The average molecular weight is 293 g/mol. The highest BCUT2D eigenvalue weighted by Gasteiger charge is 2.20. The van der Waals surface area contributed by atoms with E-state index in [-0.39, 0.29) is 12.0 Å². The van der Waals surface area contributed by atoms with E-state index in [2.05, 4.69) is 26.1 Å². The number of aliphatic carboxylic acids is 1. The molecule has 1 rings (SSSR count). The number of carbonyl (C=O) groups excluding carboxylic acids is 1. The Labute approximate surface area is 125 Å². The third-order valence-corrected chi connectivity index (χ3v) is 3.05. The van der Waals surface area contributed by atoms with E-state index in [1.807, 2.05) is 25.1 Å². The molecule has 5 heteroatoms. The van der Waals surface area contributed by atoms with Gasteiger partial charge in [-0.2, -0.15) is 0 Å². The van der Waals surface area contributed by atoms with Crippen molar-refractivity contribution >= 4 is 11.9 Å². The number of carboxylic acid groups (broad SMARTS) is 1. The van der Waals surface area contributed by atoms with Gasteiger partial charge in [0.25, 0.3) is 5.91 Å². The molecule has 0 bridgehead atoms. The van der Waals surface area contributed by atoms with Crippen LogP contribution in [0, 0.1) is 6.92 Å². The zero-order valence-corrected chi connectivity index (χ0v) is 13.2. The topological polar surface area (TPSA) is 75.6 Å². The highest BCUT2D eigenvalue weighted by molar-refractivity contribution is 5.84. The van der Waals surface area contributed by atoms with Gasteiger partial charge in [0.2, 0.25) is 0 Å². The second-order valence-corrected chi connectivity index (χ2v) is 6.17. The third kappa shape index (κ3) is 5.10. The van der Waals surface area contributed by atoms with Crippen LogP contribution in [-0.2, 0) is 15.0 Å². The number of ether oxygens (including phenoxy) is 1. The summed E-state index contributed by atoms with van der Waals surface area (Å²) in [5, 5.41) is 11.1. The van der Waals surface area contributed by atoms with Crippen LogP contribution in [0.5, 0.6) is 5.75 Å². The van der Waals surface area contributed by atoms with Crippen LogP contribution in [0.4, 0.5) is 0 Å². The number of nitrogens with one attached hydrogen (secondary N) is 1. The van der Waals surface area contributed by atoms with E-state index < -0.39 is 17.9 Å². The van der Waals surface area contributed by atoms with Crippen molar-refractivity contribution in [2.75, 3.05) is 6.61 Å². The Morgan fingerprint density at radius 1 is 1.33 bits per heavy atom. The number of rotatable bonds is 5. The molecule has 0 radical (unpaired) electrons. The van der Waals surface area contributed by atoms with Crippen molar-refractivity contribution in [1.29, 1.82) is 0 Å². The van der Waals surface area contributed by atoms with E-state index in [4.69, 9.17) is 9.84 Å². The van der Waals surface area contributed by atoms with Crippen LogP contribution >= 0.6 is 0 Å². The van der Waals surface area contributed by atoms with Gasteiger partial charge in [0.15, 0.2) is 6.61 Å². The molecule has 0 aliphatic heterocycles. The number of carbonyl (C=O) groups is 2. The van der Waals surface area contributed by atoms with Crippen molar-refractivity contribution < 1.29 is 19.4 Å². The Morgan fingerprint density at radius 3 is 2.48 bits per heavy atom.